The average Bonchev–Trinajstić information content (AvgIpc) is 3.04. The monoisotopic (exact) mass is 637 g/mol. The molecule has 0 spiro atoms. The Morgan fingerprint density at radius 1 is 0.447 bits per heavy atom. The maximum atomic E-state index is 12.2. The minimum atomic E-state index is -0.534. The van der Waals surface area contributed by atoms with Crippen LogP contribution in [-0.2, 0) is 64.6 Å². The van der Waals surface area contributed by atoms with Gasteiger partial charge < -0.3 is 23.8 Å². The zero-order chi connectivity index (χ0) is 34.7. The molecule has 0 amide bonds. The molecule has 0 fully saturated rings. The highest BCUT2D eigenvalue weighted by Gasteiger charge is 2.17. The first-order valence-corrected chi connectivity index (χ1v) is 14.7. The molecule has 3 aromatic rings. The molecule has 47 heavy (non-hydrogen) atoms. The summed E-state index contributed by atoms with van der Waals surface area (Å²) in [6.45, 7) is 20.9. The van der Waals surface area contributed by atoms with Crippen LogP contribution in [0, 0.1) is 0 Å². The van der Waals surface area contributed by atoms with Crippen molar-refractivity contribution in [1.82, 2.24) is 0 Å². The van der Waals surface area contributed by atoms with Gasteiger partial charge in [-0.15, -0.1) is 0 Å². The lowest BCUT2D eigenvalue weighted by Crippen LogP contribution is -2.13. The van der Waals surface area contributed by atoms with Gasteiger partial charge in [-0.25, -0.2) is 19.2 Å². The van der Waals surface area contributed by atoms with Crippen molar-refractivity contribution in [3.05, 3.63) is 138 Å². The highest BCUT2D eigenvalue weighted by Crippen LogP contribution is 2.36. The largest absolute Gasteiger partial charge is 0.457 e. The molecule has 9 nitrogen and oxygen atoms in total. The number of carbonyl (C=O) groups is 4. The van der Waals surface area contributed by atoms with Crippen molar-refractivity contribution in [3.63, 3.8) is 0 Å². The maximum absolute atomic E-state index is 12.2. The molecule has 0 atom stereocenters. The third kappa shape index (κ3) is 10.7. The van der Waals surface area contributed by atoms with E-state index in [1.54, 1.807) is 33.8 Å². The van der Waals surface area contributed by atoms with E-state index in [1.165, 1.54) is 0 Å². The third-order valence-electron chi connectivity index (χ3n) is 6.56. The van der Waals surface area contributed by atoms with E-state index in [1.807, 2.05) is 65.6 Å². The second kappa shape index (κ2) is 16.6. The lowest BCUT2D eigenvalue weighted by atomic mass is 10.1. The molecule has 0 heterocycles. The van der Waals surface area contributed by atoms with Gasteiger partial charge in [-0.2, -0.15) is 0 Å². The molecule has 0 aliphatic heterocycles. The zero-order valence-corrected chi connectivity index (χ0v) is 27.2. The Kier molecular flexibility index (Phi) is 12.6. The van der Waals surface area contributed by atoms with Crippen LogP contribution in [0.1, 0.15) is 49.9 Å². The van der Waals surface area contributed by atoms with Crippen molar-refractivity contribution in [3.8, 4) is 0 Å². The number of rotatable bonds is 15. The molecule has 0 saturated heterocycles. The second-order valence-electron chi connectivity index (χ2n) is 11.1. The van der Waals surface area contributed by atoms with Crippen LogP contribution < -0.4 is 4.90 Å². The number of hydrogen-bond donors (Lipinski definition) is 0. The second-order valence-corrected chi connectivity index (χ2v) is 11.1. The fourth-order valence-electron chi connectivity index (χ4n) is 4.06. The van der Waals surface area contributed by atoms with Crippen LogP contribution in [0.4, 0.5) is 17.1 Å². The number of benzene rings is 3. The molecule has 244 valence electrons. The smallest absolute Gasteiger partial charge is 0.333 e. The van der Waals surface area contributed by atoms with E-state index in [4.69, 9.17) is 18.9 Å². The topological polar surface area (TPSA) is 108 Å². The summed E-state index contributed by atoms with van der Waals surface area (Å²) >= 11 is 0. The van der Waals surface area contributed by atoms with Crippen molar-refractivity contribution < 1.29 is 38.1 Å². The van der Waals surface area contributed by atoms with E-state index in [0.717, 1.165) is 22.5 Å². The number of nitrogens with zero attached hydrogens (tertiary/aromatic N) is 1. The van der Waals surface area contributed by atoms with Crippen LogP contribution in [0.5, 0.6) is 0 Å². The van der Waals surface area contributed by atoms with Gasteiger partial charge in [0.25, 0.3) is 0 Å². The van der Waals surface area contributed by atoms with Gasteiger partial charge in [0.15, 0.2) is 0 Å². The molecule has 9 heteroatoms. The first-order chi connectivity index (χ1) is 22.2. The van der Waals surface area contributed by atoms with E-state index in [-0.39, 0.29) is 37.6 Å². The van der Waals surface area contributed by atoms with E-state index in [9.17, 15) is 19.2 Å². The van der Waals surface area contributed by atoms with E-state index in [2.05, 4.69) is 26.3 Å². The fourth-order valence-corrected chi connectivity index (χ4v) is 4.06. The fraction of sp³-hybridized carbons (Fsp3) is 0.211. The number of ether oxygens (including phenoxy) is 4. The first-order valence-electron chi connectivity index (χ1n) is 14.7. The van der Waals surface area contributed by atoms with Crippen LogP contribution in [0.25, 0.3) is 0 Å². The van der Waals surface area contributed by atoms with Crippen molar-refractivity contribution in [1.29, 1.82) is 0 Å². The average molecular weight is 638 g/mol. The zero-order valence-electron chi connectivity index (χ0n) is 27.2. The lowest BCUT2D eigenvalue weighted by Gasteiger charge is -2.27. The molecule has 0 N–H and O–H groups in total. The normalized spacial score (nSPS) is 10.3. The van der Waals surface area contributed by atoms with Crippen molar-refractivity contribution >= 4 is 40.9 Å². The van der Waals surface area contributed by atoms with Gasteiger partial charge in [0.05, 0.1) is 0 Å². The van der Waals surface area contributed by atoms with Crippen LogP contribution >= 0.6 is 0 Å². The Labute approximate surface area is 275 Å². The summed E-state index contributed by atoms with van der Waals surface area (Å²) in [4.78, 5) is 50.2. The van der Waals surface area contributed by atoms with Crippen LogP contribution in [0.15, 0.2) is 115 Å². The third-order valence-corrected chi connectivity index (χ3v) is 6.56. The van der Waals surface area contributed by atoms with Gasteiger partial charge in [-0.1, -0.05) is 50.6 Å². The van der Waals surface area contributed by atoms with Crippen molar-refractivity contribution in [2.24, 2.45) is 0 Å². The summed E-state index contributed by atoms with van der Waals surface area (Å²) in [6.07, 6.45) is 0. The van der Waals surface area contributed by atoms with Crippen LogP contribution in [-0.4, -0.2) is 23.9 Å². The molecule has 0 unspecified atom stereocenters. The summed E-state index contributed by atoms with van der Waals surface area (Å²) < 4.78 is 21.5. The Bertz CT molecular complexity index is 1580. The summed E-state index contributed by atoms with van der Waals surface area (Å²) in [7, 11) is 0. The van der Waals surface area contributed by atoms with E-state index >= 15 is 0 Å². The Morgan fingerprint density at radius 2 is 0.723 bits per heavy atom. The molecule has 0 aromatic heterocycles. The van der Waals surface area contributed by atoms with Gasteiger partial charge in [-0.05, 0) is 92.4 Å². The Morgan fingerprint density at radius 3 is 1.00 bits per heavy atom. The number of anilines is 3. The van der Waals surface area contributed by atoms with Crippen molar-refractivity contribution in [2.45, 2.75) is 54.1 Å². The number of carbonyl (C=O) groups excluding carboxylic acids is 4. The number of esters is 4. The molecule has 0 aliphatic carbocycles. The SMILES string of the molecule is C=C(C)C(=O)OCc1ccc(N(c2ccc(COC(=O)C(=C)C)cc2)c2cc(COC(=O)C(=C)C)cc(COC(=O)C(=C)C)c2)cc1. The summed E-state index contributed by atoms with van der Waals surface area (Å²) in [5.74, 6) is -2.02. The van der Waals surface area contributed by atoms with Gasteiger partial charge in [0.1, 0.15) is 26.4 Å². The molecule has 0 radical (unpaired) electrons. The highest BCUT2D eigenvalue weighted by atomic mass is 16.5. The minimum absolute atomic E-state index is 0.0468. The summed E-state index contributed by atoms with van der Waals surface area (Å²) in [5.41, 5.74) is 6.17. The molecular formula is C38H39NO8. The molecule has 0 saturated carbocycles. The van der Waals surface area contributed by atoms with E-state index in [0.29, 0.717) is 28.0 Å². The summed E-state index contributed by atoms with van der Waals surface area (Å²) in [5, 5.41) is 0. The van der Waals surface area contributed by atoms with Gasteiger partial charge in [-0.3, -0.25) is 0 Å². The van der Waals surface area contributed by atoms with Crippen LogP contribution in [0.3, 0.4) is 0 Å². The molecular weight excluding hydrogens is 598 g/mol. The molecule has 3 rings (SSSR count). The maximum Gasteiger partial charge on any atom is 0.333 e. The predicted octanol–water partition coefficient (Wildman–Crippen LogP) is 7.63. The van der Waals surface area contributed by atoms with Crippen molar-refractivity contribution in [2.75, 3.05) is 4.90 Å². The molecule has 0 bridgehead atoms. The predicted molar refractivity (Wildman–Crippen MR) is 180 cm³/mol. The van der Waals surface area contributed by atoms with Crippen LogP contribution in [0.2, 0.25) is 0 Å². The van der Waals surface area contributed by atoms with Gasteiger partial charge in [0, 0.05) is 39.4 Å². The lowest BCUT2D eigenvalue weighted by molar-refractivity contribution is -0.141. The Hall–Kier alpha value is -5.70. The van der Waals surface area contributed by atoms with Gasteiger partial charge in [0.2, 0.25) is 0 Å². The molecule has 3 aromatic carbocycles. The quantitative estimate of drug-likeness (QED) is 0.0944. The highest BCUT2D eigenvalue weighted by molar-refractivity contribution is 5.88. The Balaban J connectivity index is 2.06. The standard InChI is InChI=1S/C38H39NO8/c1-24(2)35(40)44-20-28-9-13-32(14-10-28)39(33-15-11-29(12-16-33)21-45-36(41)25(3)4)34-18-30(22-46-37(42)26(5)6)17-31(19-34)23-47-38(43)27(7)8/h9-19H,1,3,5,7,20-23H2,2,4,6,8H3. The first kappa shape index (κ1) is 35.8. The molecule has 0 aliphatic rings. The van der Waals surface area contributed by atoms with E-state index < -0.39 is 23.9 Å². The summed E-state index contributed by atoms with van der Waals surface area (Å²) in [6, 6.07) is 20.4. The minimum Gasteiger partial charge on any atom is -0.457 e. The van der Waals surface area contributed by atoms with Gasteiger partial charge >= 0.3 is 23.9 Å². The number of hydrogen-bond acceptors (Lipinski definition) is 9.